The second-order valence-corrected chi connectivity index (χ2v) is 17.9. The van der Waals surface area contributed by atoms with E-state index in [-0.39, 0.29) is 6.17 Å². The third-order valence-corrected chi connectivity index (χ3v) is 14.0. The number of aromatic nitrogens is 1. The lowest BCUT2D eigenvalue weighted by Crippen LogP contribution is -2.24. The number of rotatable bonds is 9. The highest BCUT2D eigenvalue weighted by atomic mass is 32.1. The zero-order valence-corrected chi connectivity index (χ0v) is 37.4. The van der Waals surface area contributed by atoms with Crippen LogP contribution in [0.1, 0.15) is 22.9 Å². The van der Waals surface area contributed by atoms with Gasteiger partial charge in [-0.15, -0.1) is 11.3 Å². The van der Waals surface area contributed by atoms with Gasteiger partial charge in [-0.25, -0.2) is 4.98 Å². The summed E-state index contributed by atoms with van der Waals surface area (Å²) in [6.45, 7) is 0. The lowest BCUT2D eigenvalue weighted by molar-refractivity contribution is 0.664. The Labute approximate surface area is 394 Å². The maximum atomic E-state index is 5.63. The van der Waals surface area contributed by atoms with E-state index >= 15 is 0 Å². The van der Waals surface area contributed by atoms with Gasteiger partial charge in [0.05, 0.1) is 17.1 Å². The van der Waals surface area contributed by atoms with Crippen molar-refractivity contribution in [2.24, 2.45) is 4.99 Å². The third kappa shape index (κ3) is 7.63. The van der Waals surface area contributed by atoms with E-state index in [9.17, 15) is 0 Å². The molecule has 2 aromatic heterocycles. The number of hydrogen-bond acceptors (Lipinski definition) is 4. The summed E-state index contributed by atoms with van der Waals surface area (Å²) in [6.07, 6.45) is 1.94. The van der Waals surface area contributed by atoms with E-state index in [1.54, 1.807) is 0 Å². The third-order valence-electron chi connectivity index (χ3n) is 12.8. The van der Waals surface area contributed by atoms with Crippen LogP contribution < -0.4 is 5.32 Å². The Balaban J connectivity index is 1.000. The van der Waals surface area contributed by atoms with Gasteiger partial charge in [0.1, 0.15) is 6.17 Å². The first-order valence-corrected chi connectivity index (χ1v) is 23.6. The lowest BCUT2D eigenvalue weighted by Gasteiger charge is -2.25. The van der Waals surface area contributed by atoms with Gasteiger partial charge in [0.2, 0.25) is 0 Å². The van der Waals surface area contributed by atoms with Crippen molar-refractivity contribution in [1.29, 1.82) is 0 Å². The van der Waals surface area contributed by atoms with Crippen LogP contribution in [0.5, 0.6) is 0 Å². The molecule has 3 nitrogen and oxygen atoms in total. The largest absolute Gasteiger partial charge is 0.360 e. The molecule has 0 fully saturated rings. The van der Waals surface area contributed by atoms with Crippen LogP contribution in [0.25, 0.3) is 92.9 Å². The summed E-state index contributed by atoms with van der Waals surface area (Å²) >= 11 is 1.87. The first-order chi connectivity index (χ1) is 33.2. The zero-order chi connectivity index (χ0) is 44.5. The van der Waals surface area contributed by atoms with Crippen molar-refractivity contribution in [3.63, 3.8) is 0 Å². The smallest absolute Gasteiger partial charge is 0.145 e. The number of aliphatic imine (C=N–C) groups is 1. The van der Waals surface area contributed by atoms with Crippen LogP contribution in [0.15, 0.2) is 254 Å². The minimum absolute atomic E-state index is 0.265. The molecule has 67 heavy (non-hydrogen) atoms. The molecule has 1 aliphatic rings. The normalized spacial score (nSPS) is 13.5. The van der Waals surface area contributed by atoms with Gasteiger partial charge in [0.25, 0.3) is 0 Å². The standard InChI is InChI=1S/C63H43N3S/c1-6-19-45(20-7-1)58-57(59(46-21-8-2-9-22-46)61(49-25-12-4-13-26-49)66-60(58)48-23-10-3-11-24-48)47-39-37-44(38-40-47)55-41-54(64-63(65-55)50-27-14-5-15-28-50)43-35-33-42(34-36-43)51-30-18-31-53-52-29-16-17-32-56(52)67-62(51)53/h1-41,63-64H. The van der Waals surface area contributed by atoms with E-state index in [4.69, 9.17) is 9.98 Å². The maximum absolute atomic E-state index is 5.63. The van der Waals surface area contributed by atoms with E-state index in [0.29, 0.717) is 0 Å². The molecule has 11 aromatic rings. The Morgan fingerprint density at radius 3 is 1.42 bits per heavy atom. The first-order valence-electron chi connectivity index (χ1n) is 22.8. The molecule has 0 saturated heterocycles. The molecule has 0 radical (unpaired) electrons. The molecule has 12 rings (SSSR count). The van der Waals surface area contributed by atoms with Crippen LogP contribution >= 0.6 is 11.3 Å². The van der Waals surface area contributed by atoms with Gasteiger partial charge < -0.3 is 5.32 Å². The van der Waals surface area contributed by atoms with Crippen LogP contribution in [-0.2, 0) is 0 Å². The van der Waals surface area contributed by atoms with Crippen molar-refractivity contribution in [1.82, 2.24) is 10.3 Å². The zero-order valence-electron chi connectivity index (χ0n) is 36.6. The Kier molecular flexibility index (Phi) is 10.5. The Hall–Kier alpha value is -8.44. The van der Waals surface area contributed by atoms with E-state index < -0.39 is 0 Å². The monoisotopic (exact) mass is 873 g/mol. The van der Waals surface area contributed by atoms with Crippen molar-refractivity contribution in [3.8, 4) is 67.0 Å². The number of benzene rings is 9. The number of allylic oxidation sites excluding steroid dienone is 1. The first kappa shape index (κ1) is 40.1. The summed E-state index contributed by atoms with van der Waals surface area (Å²) in [6, 6.07) is 86.5. The van der Waals surface area contributed by atoms with Crippen LogP contribution in [0.3, 0.4) is 0 Å². The molecule has 3 heterocycles. The number of pyridine rings is 1. The summed E-state index contributed by atoms with van der Waals surface area (Å²) in [7, 11) is 0. The quantitative estimate of drug-likeness (QED) is 0.157. The molecular formula is C63H43N3S. The summed E-state index contributed by atoms with van der Waals surface area (Å²) in [5.74, 6) is 0. The molecule has 1 N–H and O–H groups in total. The minimum atomic E-state index is -0.265. The average molecular weight is 874 g/mol. The minimum Gasteiger partial charge on any atom is -0.360 e. The second kappa shape index (κ2) is 17.5. The number of hydrogen-bond donors (Lipinski definition) is 1. The second-order valence-electron chi connectivity index (χ2n) is 16.9. The molecule has 0 bridgehead atoms. The van der Waals surface area contributed by atoms with Gasteiger partial charge in [-0.05, 0) is 56.6 Å². The summed E-state index contributed by atoms with van der Waals surface area (Å²) < 4.78 is 2.63. The molecular weight excluding hydrogens is 831 g/mol. The molecule has 4 heteroatoms. The predicted octanol–water partition coefficient (Wildman–Crippen LogP) is 16.6. The van der Waals surface area contributed by atoms with Crippen molar-refractivity contribution >= 4 is 42.9 Å². The van der Waals surface area contributed by atoms with Gasteiger partial charge in [0, 0.05) is 53.7 Å². The van der Waals surface area contributed by atoms with Crippen LogP contribution in [0, 0.1) is 0 Å². The molecule has 1 aliphatic heterocycles. The van der Waals surface area contributed by atoms with Crippen molar-refractivity contribution < 1.29 is 0 Å². The average Bonchev–Trinajstić information content (AvgIpc) is 3.81. The fraction of sp³-hybridized carbons (Fsp3) is 0.0159. The van der Waals surface area contributed by atoms with Crippen molar-refractivity contribution in [2.45, 2.75) is 6.17 Å². The Bertz CT molecular complexity index is 3500. The number of nitrogens with one attached hydrogen (secondary N) is 1. The van der Waals surface area contributed by atoms with Crippen LogP contribution in [0.4, 0.5) is 0 Å². The molecule has 316 valence electrons. The number of fused-ring (bicyclic) bond motifs is 3. The summed E-state index contributed by atoms with van der Waals surface area (Å²) in [4.78, 5) is 11.0. The van der Waals surface area contributed by atoms with Gasteiger partial charge in [-0.3, -0.25) is 4.99 Å². The van der Waals surface area contributed by atoms with Crippen LogP contribution in [-0.4, -0.2) is 10.7 Å². The van der Waals surface area contributed by atoms with E-state index in [1.807, 2.05) is 11.3 Å². The van der Waals surface area contributed by atoms with Crippen LogP contribution in [0.2, 0.25) is 0 Å². The van der Waals surface area contributed by atoms with E-state index in [0.717, 1.165) is 84.0 Å². The molecule has 0 saturated carbocycles. The highest BCUT2D eigenvalue weighted by molar-refractivity contribution is 7.26. The Morgan fingerprint density at radius 1 is 0.358 bits per heavy atom. The molecule has 9 aromatic carbocycles. The molecule has 0 amide bonds. The fourth-order valence-corrected chi connectivity index (χ4v) is 10.8. The maximum Gasteiger partial charge on any atom is 0.145 e. The topological polar surface area (TPSA) is 37.3 Å². The van der Waals surface area contributed by atoms with E-state index in [1.165, 1.54) is 31.3 Å². The Morgan fingerprint density at radius 2 is 0.821 bits per heavy atom. The molecule has 1 atom stereocenters. The highest BCUT2D eigenvalue weighted by Gasteiger charge is 2.26. The predicted molar refractivity (Wildman–Crippen MR) is 283 cm³/mol. The molecule has 0 aliphatic carbocycles. The fourth-order valence-electron chi connectivity index (χ4n) is 9.52. The molecule has 0 spiro atoms. The lowest BCUT2D eigenvalue weighted by atomic mass is 9.83. The van der Waals surface area contributed by atoms with Gasteiger partial charge in [0.15, 0.2) is 0 Å². The highest BCUT2D eigenvalue weighted by Crippen LogP contribution is 2.49. The van der Waals surface area contributed by atoms with Gasteiger partial charge >= 0.3 is 0 Å². The summed E-state index contributed by atoms with van der Waals surface area (Å²) in [5, 5.41) is 6.41. The van der Waals surface area contributed by atoms with Crippen molar-refractivity contribution in [2.75, 3.05) is 0 Å². The summed E-state index contributed by atoms with van der Waals surface area (Å²) in [5.41, 5.74) is 18.3. The number of thiophene rings is 1. The van der Waals surface area contributed by atoms with Gasteiger partial charge in [-0.2, -0.15) is 0 Å². The van der Waals surface area contributed by atoms with E-state index in [2.05, 4.69) is 254 Å². The van der Waals surface area contributed by atoms with Gasteiger partial charge in [-0.1, -0.05) is 237 Å². The van der Waals surface area contributed by atoms with Crippen molar-refractivity contribution in [3.05, 3.63) is 265 Å². The molecule has 1 unspecified atom stereocenters. The SMILES string of the molecule is C1=C(c2ccc(-c3cccc4c3sc3ccccc34)cc2)NC(c2ccccc2)N=C1c1ccc(-c2c(-c3ccccc3)c(-c3ccccc3)nc(-c3ccccc3)c2-c2ccccc2)cc1. The number of nitrogens with zero attached hydrogens (tertiary/aromatic N) is 2.